The van der Waals surface area contributed by atoms with Gasteiger partial charge in [-0.2, -0.15) is 0 Å². The van der Waals surface area contributed by atoms with Crippen LogP contribution in [-0.2, 0) is 11.2 Å². The van der Waals surface area contributed by atoms with E-state index >= 15 is 0 Å². The van der Waals surface area contributed by atoms with Crippen LogP contribution in [0.3, 0.4) is 0 Å². The number of hydrogen-bond acceptors (Lipinski definition) is 7. The Balaban J connectivity index is 2.30. The van der Waals surface area contributed by atoms with E-state index in [0.29, 0.717) is 34.1 Å². The van der Waals surface area contributed by atoms with Crippen LogP contribution in [0.4, 0.5) is 0 Å². The number of aliphatic hydroxyl groups excluding tert-OH is 2. The fourth-order valence-corrected chi connectivity index (χ4v) is 2.72. The van der Waals surface area contributed by atoms with Gasteiger partial charge in [-0.25, -0.2) is 0 Å². The Hall–Kier alpha value is -2.48. The molecule has 0 aliphatic carbocycles. The van der Waals surface area contributed by atoms with Gasteiger partial charge in [0.2, 0.25) is 0 Å². The van der Waals surface area contributed by atoms with Crippen molar-refractivity contribution in [3.8, 4) is 23.0 Å². The third-order valence-corrected chi connectivity index (χ3v) is 4.14. The second kappa shape index (κ2) is 10.0. The molecule has 0 spiro atoms. The van der Waals surface area contributed by atoms with E-state index in [9.17, 15) is 10.2 Å². The Morgan fingerprint density at radius 1 is 0.852 bits per heavy atom. The average molecular weight is 378 g/mol. The van der Waals surface area contributed by atoms with Crippen LogP contribution in [0.2, 0.25) is 0 Å². The summed E-state index contributed by atoms with van der Waals surface area (Å²) in [6, 6.07) is 10.3. The smallest absolute Gasteiger partial charge is 0.188 e. The van der Waals surface area contributed by atoms with Crippen molar-refractivity contribution in [3.05, 3.63) is 47.5 Å². The van der Waals surface area contributed by atoms with Gasteiger partial charge in [-0.05, 0) is 17.7 Å². The first kappa shape index (κ1) is 20.8. The van der Waals surface area contributed by atoms with Gasteiger partial charge < -0.3 is 33.9 Å². The Morgan fingerprint density at radius 3 is 2.19 bits per heavy atom. The molecule has 7 nitrogen and oxygen atoms in total. The summed E-state index contributed by atoms with van der Waals surface area (Å²) in [5.41, 5.74) is 1.15. The van der Waals surface area contributed by atoms with Crippen molar-refractivity contribution in [1.82, 2.24) is 0 Å². The van der Waals surface area contributed by atoms with Crippen LogP contribution >= 0.6 is 0 Å². The zero-order chi connectivity index (χ0) is 19.8. The van der Waals surface area contributed by atoms with E-state index in [2.05, 4.69) is 0 Å². The summed E-state index contributed by atoms with van der Waals surface area (Å²) in [5.74, 6) is 2.08. The van der Waals surface area contributed by atoms with Gasteiger partial charge in [0, 0.05) is 31.2 Å². The van der Waals surface area contributed by atoms with E-state index in [-0.39, 0.29) is 13.2 Å². The number of hydrogen-bond donors (Lipinski definition) is 2. The molecule has 0 bridgehead atoms. The molecule has 7 heteroatoms. The zero-order valence-corrected chi connectivity index (χ0v) is 16.0. The molecular weight excluding hydrogens is 352 g/mol. The van der Waals surface area contributed by atoms with E-state index in [1.54, 1.807) is 43.5 Å². The predicted molar refractivity (Wildman–Crippen MR) is 99.7 cm³/mol. The van der Waals surface area contributed by atoms with Gasteiger partial charge in [0.25, 0.3) is 0 Å². The normalized spacial score (nSPS) is 13.0. The molecule has 148 valence electrons. The van der Waals surface area contributed by atoms with E-state index < -0.39 is 12.2 Å². The van der Waals surface area contributed by atoms with E-state index in [1.807, 2.05) is 0 Å². The summed E-state index contributed by atoms with van der Waals surface area (Å²) in [6.45, 7) is 0.0256. The second-order valence-corrected chi connectivity index (χ2v) is 5.85. The molecule has 27 heavy (non-hydrogen) atoms. The third kappa shape index (κ3) is 5.26. The summed E-state index contributed by atoms with van der Waals surface area (Å²) in [4.78, 5) is 0. The number of benzene rings is 2. The van der Waals surface area contributed by atoms with Crippen molar-refractivity contribution >= 4 is 0 Å². The summed E-state index contributed by atoms with van der Waals surface area (Å²) < 4.78 is 26.4. The average Bonchev–Trinajstić information content (AvgIpc) is 2.71. The topological polar surface area (TPSA) is 86.6 Å². The zero-order valence-electron chi connectivity index (χ0n) is 16.0. The quantitative estimate of drug-likeness (QED) is 0.614. The summed E-state index contributed by atoms with van der Waals surface area (Å²) >= 11 is 0. The van der Waals surface area contributed by atoms with Crippen LogP contribution in [-0.4, -0.2) is 51.5 Å². The Kier molecular flexibility index (Phi) is 7.72. The summed E-state index contributed by atoms with van der Waals surface area (Å²) in [6.07, 6.45) is -2.10. The van der Waals surface area contributed by atoms with Gasteiger partial charge in [0.05, 0.1) is 27.4 Å². The minimum Gasteiger partial charge on any atom is -0.497 e. The highest BCUT2D eigenvalue weighted by molar-refractivity contribution is 5.51. The molecule has 2 rings (SSSR count). The number of rotatable bonds is 10. The van der Waals surface area contributed by atoms with E-state index in [4.69, 9.17) is 23.7 Å². The van der Waals surface area contributed by atoms with Gasteiger partial charge >= 0.3 is 0 Å². The largest absolute Gasteiger partial charge is 0.497 e. The molecule has 0 aromatic heterocycles. The van der Waals surface area contributed by atoms with Gasteiger partial charge in [-0.15, -0.1) is 0 Å². The van der Waals surface area contributed by atoms with Crippen LogP contribution in [0.1, 0.15) is 17.2 Å². The molecule has 2 aromatic carbocycles. The number of aliphatic hydroxyl groups is 2. The summed E-state index contributed by atoms with van der Waals surface area (Å²) in [7, 11) is 6.11. The summed E-state index contributed by atoms with van der Waals surface area (Å²) in [5, 5.41) is 21.2. The molecule has 0 aliphatic rings. The van der Waals surface area contributed by atoms with Gasteiger partial charge in [-0.1, -0.05) is 12.1 Å². The minimum atomic E-state index is -1.11. The Bertz CT molecular complexity index is 732. The minimum absolute atomic E-state index is 0.0256. The van der Waals surface area contributed by atoms with Crippen molar-refractivity contribution < 1.29 is 33.9 Å². The molecule has 0 aliphatic heterocycles. The van der Waals surface area contributed by atoms with Crippen LogP contribution in [0.15, 0.2) is 36.4 Å². The Labute approximate surface area is 159 Å². The highest BCUT2D eigenvalue weighted by Crippen LogP contribution is 2.36. The van der Waals surface area contributed by atoms with Crippen molar-refractivity contribution in [2.75, 3.05) is 35.2 Å². The van der Waals surface area contributed by atoms with Crippen molar-refractivity contribution in [1.29, 1.82) is 0 Å². The molecule has 0 heterocycles. The highest BCUT2D eigenvalue weighted by Gasteiger charge is 2.24. The lowest BCUT2D eigenvalue weighted by molar-refractivity contribution is 0.0166. The van der Waals surface area contributed by atoms with Crippen molar-refractivity contribution in [3.63, 3.8) is 0 Å². The molecule has 0 amide bonds. The fourth-order valence-electron chi connectivity index (χ4n) is 2.72. The van der Waals surface area contributed by atoms with Crippen LogP contribution in [0.25, 0.3) is 0 Å². The number of methoxy groups -OCH3 is 4. The van der Waals surface area contributed by atoms with Crippen LogP contribution in [0, 0.1) is 0 Å². The predicted octanol–water partition coefficient (Wildman–Crippen LogP) is 2.33. The van der Waals surface area contributed by atoms with Crippen LogP contribution < -0.4 is 18.9 Å². The van der Waals surface area contributed by atoms with E-state index in [1.165, 1.54) is 21.3 Å². The highest BCUT2D eigenvalue weighted by atomic mass is 16.7. The van der Waals surface area contributed by atoms with Gasteiger partial charge in [0.1, 0.15) is 29.1 Å². The second-order valence-electron chi connectivity index (χ2n) is 5.85. The van der Waals surface area contributed by atoms with Gasteiger partial charge in [-0.3, -0.25) is 0 Å². The van der Waals surface area contributed by atoms with Crippen molar-refractivity contribution in [2.24, 2.45) is 0 Å². The molecule has 0 fully saturated rings. The maximum atomic E-state index is 10.6. The number of ether oxygens (including phenoxy) is 5. The first-order valence-corrected chi connectivity index (χ1v) is 8.40. The van der Waals surface area contributed by atoms with Crippen LogP contribution in [0.5, 0.6) is 23.0 Å². The third-order valence-electron chi connectivity index (χ3n) is 4.14. The molecule has 0 radical (unpaired) electrons. The maximum absolute atomic E-state index is 10.6. The SMILES string of the molecule is COCOc1cc(OC)cc(OC)c1C[C@H](O)[C@@H](O)c1cccc(OC)c1. The monoisotopic (exact) mass is 378 g/mol. The molecule has 2 aromatic rings. The lowest BCUT2D eigenvalue weighted by atomic mass is 9.97. The van der Waals surface area contributed by atoms with Gasteiger partial charge in [0.15, 0.2) is 6.79 Å². The standard InChI is InChI=1S/C20H26O7/c1-23-12-27-19-10-15(25-3)9-18(26-4)16(19)11-17(21)20(22)13-6-5-7-14(8-13)24-2/h5-10,17,20-22H,11-12H2,1-4H3/t17-,20-/m0/s1. The maximum Gasteiger partial charge on any atom is 0.188 e. The van der Waals surface area contributed by atoms with E-state index in [0.717, 1.165) is 0 Å². The molecule has 0 saturated heterocycles. The molecular formula is C20H26O7. The Morgan fingerprint density at radius 2 is 1.56 bits per heavy atom. The van der Waals surface area contributed by atoms with Crippen molar-refractivity contribution in [2.45, 2.75) is 18.6 Å². The molecule has 0 unspecified atom stereocenters. The molecule has 2 N–H and O–H groups in total. The molecule has 0 saturated carbocycles. The first-order valence-electron chi connectivity index (χ1n) is 8.40. The fraction of sp³-hybridized carbons (Fsp3) is 0.400. The lowest BCUT2D eigenvalue weighted by Gasteiger charge is -2.22. The molecule has 2 atom stereocenters. The first-order chi connectivity index (χ1) is 13.0. The lowest BCUT2D eigenvalue weighted by Crippen LogP contribution is -2.22.